The summed E-state index contributed by atoms with van der Waals surface area (Å²) < 4.78 is 0. The highest BCUT2D eigenvalue weighted by atomic mass is 35.5. The molecule has 0 amide bonds. The van der Waals surface area contributed by atoms with Crippen molar-refractivity contribution in [2.24, 2.45) is 0 Å². The molecular weight excluding hydrogens is 160 g/mol. The SMILES string of the molecule is CN[C@@H](C)c1ccc(Cl)cn1. The lowest BCUT2D eigenvalue weighted by molar-refractivity contribution is 0.633. The fourth-order valence-electron chi connectivity index (χ4n) is 0.791. The van der Waals surface area contributed by atoms with Gasteiger partial charge in [0.1, 0.15) is 0 Å². The molecule has 1 heterocycles. The van der Waals surface area contributed by atoms with Gasteiger partial charge in [0.25, 0.3) is 0 Å². The normalized spacial score (nSPS) is 13.0. The van der Waals surface area contributed by atoms with E-state index in [9.17, 15) is 0 Å². The Kier molecular flexibility index (Phi) is 2.85. The van der Waals surface area contributed by atoms with Crippen LogP contribution in [0.15, 0.2) is 18.3 Å². The zero-order valence-electron chi connectivity index (χ0n) is 6.63. The Balaban J connectivity index is 2.81. The van der Waals surface area contributed by atoms with E-state index >= 15 is 0 Å². The van der Waals surface area contributed by atoms with Crippen molar-refractivity contribution < 1.29 is 0 Å². The van der Waals surface area contributed by atoms with Crippen LogP contribution in [-0.2, 0) is 0 Å². The Bertz CT molecular complexity index is 220. The fraction of sp³-hybridized carbons (Fsp3) is 0.375. The van der Waals surface area contributed by atoms with Gasteiger partial charge in [-0.1, -0.05) is 11.6 Å². The lowest BCUT2D eigenvalue weighted by Gasteiger charge is -2.08. The van der Waals surface area contributed by atoms with E-state index in [1.165, 1.54) is 0 Å². The van der Waals surface area contributed by atoms with Crippen LogP contribution in [-0.4, -0.2) is 12.0 Å². The average molecular weight is 171 g/mol. The minimum absolute atomic E-state index is 0.285. The van der Waals surface area contributed by atoms with E-state index in [1.807, 2.05) is 19.2 Å². The number of halogens is 1. The summed E-state index contributed by atoms with van der Waals surface area (Å²) in [4.78, 5) is 4.15. The first-order valence-electron chi connectivity index (χ1n) is 3.52. The molecule has 0 spiro atoms. The zero-order valence-corrected chi connectivity index (χ0v) is 7.39. The van der Waals surface area contributed by atoms with E-state index < -0.39 is 0 Å². The molecule has 0 saturated heterocycles. The molecule has 0 aliphatic rings. The Morgan fingerprint density at radius 1 is 1.55 bits per heavy atom. The molecule has 0 bridgehead atoms. The van der Waals surface area contributed by atoms with Crippen LogP contribution in [0.1, 0.15) is 18.7 Å². The summed E-state index contributed by atoms with van der Waals surface area (Å²) in [6.07, 6.45) is 1.66. The van der Waals surface area contributed by atoms with Crippen LogP contribution in [0.2, 0.25) is 5.02 Å². The van der Waals surface area contributed by atoms with Gasteiger partial charge < -0.3 is 5.32 Å². The Hall–Kier alpha value is -0.600. The predicted octanol–water partition coefficient (Wildman–Crippen LogP) is 2.02. The third-order valence-electron chi connectivity index (χ3n) is 1.63. The molecule has 0 aliphatic heterocycles. The molecule has 0 radical (unpaired) electrons. The second-order valence-electron chi connectivity index (χ2n) is 2.41. The van der Waals surface area contributed by atoms with Crippen LogP contribution in [0, 0.1) is 0 Å². The molecule has 0 aromatic carbocycles. The van der Waals surface area contributed by atoms with Gasteiger partial charge in [0.2, 0.25) is 0 Å². The highest BCUT2D eigenvalue weighted by molar-refractivity contribution is 6.30. The molecular formula is C8H11ClN2. The van der Waals surface area contributed by atoms with Crippen LogP contribution < -0.4 is 5.32 Å². The van der Waals surface area contributed by atoms with Crippen molar-refractivity contribution in [1.82, 2.24) is 10.3 Å². The topological polar surface area (TPSA) is 24.9 Å². The van der Waals surface area contributed by atoms with E-state index in [2.05, 4.69) is 17.2 Å². The van der Waals surface area contributed by atoms with E-state index in [-0.39, 0.29) is 6.04 Å². The van der Waals surface area contributed by atoms with Gasteiger partial charge >= 0.3 is 0 Å². The van der Waals surface area contributed by atoms with Crippen molar-refractivity contribution >= 4 is 11.6 Å². The maximum Gasteiger partial charge on any atom is 0.0589 e. The lowest BCUT2D eigenvalue weighted by Crippen LogP contribution is -2.13. The molecule has 0 saturated carbocycles. The van der Waals surface area contributed by atoms with Gasteiger partial charge in [-0.15, -0.1) is 0 Å². The van der Waals surface area contributed by atoms with Crippen LogP contribution >= 0.6 is 11.6 Å². The molecule has 1 aromatic heterocycles. The van der Waals surface area contributed by atoms with Gasteiger partial charge in [-0.2, -0.15) is 0 Å². The van der Waals surface area contributed by atoms with Gasteiger partial charge in [-0.05, 0) is 26.1 Å². The van der Waals surface area contributed by atoms with Gasteiger partial charge in [-0.25, -0.2) is 0 Å². The number of rotatable bonds is 2. The Labute approximate surface area is 71.6 Å². The third kappa shape index (κ3) is 2.17. The number of hydrogen-bond acceptors (Lipinski definition) is 2. The summed E-state index contributed by atoms with van der Waals surface area (Å²) in [5.74, 6) is 0. The number of hydrogen-bond donors (Lipinski definition) is 1. The van der Waals surface area contributed by atoms with E-state index in [0.29, 0.717) is 5.02 Å². The highest BCUT2D eigenvalue weighted by Gasteiger charge is 2.01. The zero-order chi connectivity index (χ0) is 8.27. The standard InChI is InChI=1S/C8H11ClN2/c1-6(10-2)8-4-3-7(9)5-11-8/h3-6,10H,1-2H3/t6-/m0/s1. The van der Waals surface area contributed by atoms with E-state index in [4.69, 9.17) is 11.6 Å². The molecule has 3 heteroatoms. The van der Waals surface area contributed by atoms with Crippen LogP contribution in [0.4, 0.5) is 0 Å². The third-order valence-corrected chi connectivity index (χ3v) is 1.85. The molecule has 0 aliphatic carbocycles. The molecule has 1 aromatic rings. The number of pyridine rings is 1. The van der Waals surface area contributed by atoms with Gasteiger partial charge in [-0.3, -0.25) is 4.98 Å². The second kappa shape index (κ2) is 3.69. The van der Waals surface area contributed by atoms with Crippen molar-refractivity contribution in [3.05, 3.63) is 29.0 Å². The maximum absolute atomic E-state index is 5.68. The Morgan fingerprint density at radius 2 is 2.27 bits per heavy atom. The first-order chi connectivity index (χ1) is 5.24. The lowest BCUT2D eigenvalue weighted by atomic mass is 10.2. The molecule has 2 nitrogen and oxygen atoms in total. The molecule has 60 valence electrons. The van der Waals surface area contributed by atoms with Gasteiger partial charge in [0.05, 0.1) is 10.7 Å². The molecule has 1 rings (SSSR count). The van der Waals surface area contributed by atoms with Crippen molar-refractivity contribution in [2.45, 2.75) is 13.0 Å². The molecule has 0 fully saturated rings. The smallest absolute Gasteiger partial charge is 0.0589 e. The minimum atomic E-state index is 0.285. The minimum Gasteiger partial charge on any atom is -0.312 e. The summed E-state index contributed by atoms with van der Waals surface area (Å²) in [6, 6.07) is 4.05. The average Bonchev–Trinajstić information content (AvgIpc) is 2.05. The molecule has 1 atom stereocenters. The van der Waals surface area contributed by atoms with Crippen LogP contribution in [0.3, 0.4) is 0 Å². The van der Waals surface area contributed by atoms with Crippen molar-refractivity contribution in [2.75, 3.05) is 7.05 Å². The quantitative estimate of drug-likeness (QED) is 0.735. The number of nitrogens with one attached hydrogen (secondary N) is 1. The second-order valence-corrected chi connectivity index (χ2v) is 2.85. The van der Waals surface area contributed by atoms with Crippen LogP contribution in [0.5, 0.6) is 0 Å². The highest BCUT2D eigenvalue weighted by Crippen LogP contribution is 2.11. The van der Waals surface area contributed by atoms with Gasteiger partial charge in [0.15, 0.2) is 0 Å². The number of aromatic nitrogens is 1. The summed E-state index contributed by atoms with van der Waals surface area (Å²) in [6.45, 7) is 2.05. The largest absolute Gasteiger partial charge is 0.312 e. The first-order valence-corrected chi connectivity index (χ1v) is 3.90. The summed E-state index contributed by atoms with van der Waals surface area (Å²) in [5, 5.41) is 3.77. The van der Waals surface area contributed by atoms with Crippen LogP contribution in [0.25, 0.3) is 0 Å². The summed E-state index contributed by atoms with van der Waals surface area (Å²) in [5.41, 5.74) is 1.01. The molecule has 1 N–H and O–H groups in total. The Morgan fingerprint density at radius 3 is 2.73 bits per heavy atom. The van der Waals surface area contributed by atoms with Gasteiger partial charge in [0, 0.05) is 12.2 Å². The summed E-state index contributed by atoms with van der Waals surface area (Å²) in [7, 11) is 1.90. The first kappa shape index (κ1) is 8.50. The number of nitrogens with zero attached hydrogens (tertiary/aromatic N) is 1. The molecule has 0 unspecified atom stereocenters. The monoisotopic (exact) mass is 170 g/mol. The van der Waals surface area contributed by atoms with Crippen molar-refractivity contribution in [3.8, 4) is 0 Å². The van der Waals surface area contributed by atoms with E-state index in [1.54, 1.807) is 6.20 Å². The molecule has 11 heavy (non-hydrogen) atoms. The van der Waals surface area contributed by atoms with E-state index in [0.717, 1.165) is 5.69 Å². The summed E-state index contributed by atoms with van der Waals surface area (Å²) >= 11 is 5.68. The van der Waals surface area contributed by atoms with Crippen molar-refractivity contribution in [1.29, 1.82) is 0 Å². The maximum atomic E-state index is 5.68. The predicted molar refractivity (Wildman–Crippen MR) is 46.7 cm³/mol. The fourth-order valence-corrected chi connectivity index (χ4v) is 0.903. The van der Waals surface area contributed by atoms with Crippen molar-refractivity contribution in [3.63, 3.8) is 0 Å².